The van der Waals surface area contributed by atoms with E-state index in [1.54, 1.807) is 24.5 Å². The van der Waals surface area contributed by atoms with Crippen molar-refractivity contribution in [2.45, 2.75) is 20.8 Å². The summed E-state index contributed by atoms with van der Waals surface area (Å²) in [4.78, 5) is 10.7. The highest BCUT2D eigenvalue weighted by atomic mass is 35.5. The number of halogens is 2. The number of benzene rings is 1. The number of nitrogens with zero attached hydrogens (tertiary/aromatic N) is 2. The smallest absolute Gasteiger partial charge is 0.225 e. The molecule has 2 heterocycles. The molecule has 1 aromatic carbocycles. The van der Waals surface area contributed by atoms with E-state index >= 15 is 0 Å². The Labute approximate surface area is 148 Å². The lowest BCUT2D eigenvalue weighted by Gasteiger charge is -2.13. The molecule has 0 bridgehead atoms. The molecule has 2 aromatic heterocycles. The first-order valence-electron chi connectivity index (χ1n) is 6.95. The average Bonchev–Trinajstić information content (AvgIpc) is 2.77. The highest BCUT2D eigenvalue weighted by Crippen LogP contribution is 2.38. The fourth-order valence-electron chi connectivity index (χ4n) is 2.37. The molecule has 0 atom stereocenters. The van der Waals surface area contributed by atoms with Gasteiger partial charge in [0.2, 0.25) is 5.28 Å². The van der Waals surface area contributed by atoms with E-state index < -0.39 is 0 Å². The number of rotatable bonds is 3. The Morgan fingerprint density at radius 1 is 1.13 bits per heavy atom. The van der Waals surface area contributed by atoms with Gasteiger partial charge in [-0.3, -0.25) is 0 Å². The Kier molecular flexibility index (Phi) is 4.36. The van der Waals surface area contributed by atoms with E-state index in [0.717, 1.165) is 27.0 Å². The minimum absolute atomic E-state index is 0.214. The molecule has 0 radical (unpaired) electrons. The van der Waals surface area contributed by atoms with Crippen molar-refractivity contribution in [3.8, 4) is 5.75 Å². The molecule has 3 rings (SSSR count). The normalized spacial score (nSPS) is 11.0. The summed E-state index contributed by atoms with van der Waals surface area (Å²) < 4.78 is 5.41. The Morgan fingerprint density at radius 2 is 1.87 bits per heavy atom. The summed E-state index contributed by atoms with van der Waals surface area (Å²) in [5.74, 6) is 1.31. The predicted octanol–water partition coefficient (Wildman–Crippen LogP) is 5.68. The Morgan fingerprint density at radius 3 is 2.57 bits per heavy atom. The fraction of sp³-hybridized carbons (Fsp3) is 0.250. The second-order valence-electron chi connectivity index (χ2n) is 5.23. The summed E-state index contributed by atoms with van der Waals surface area (Å²) in [7, 11) is 1.61. The van der Waals surface area contributed by atoms with Crippen LogP contribution < -0.4 is 10.1 Å². The van der Waals surface area contributed by atoms with Crippen LogP contribution in [0.25, 0.3) is 10.2 Å². The lowest BCUT2D eigenvalue weighted by Crippen LogP contribution is -2.00. The number of thiophene rings is 1. The maximum Gasteiger partial charge on any atom is 0.225 e. The van der Waals surface area contributed by atoms with Gasteiger partial charge >= 0.3 is 0 Å². The van der Waals surface area contributed by atoms with Gasteiger partial charge in [-0.2, -0.15) is 4.98 Å². The summed E-state index contributed by atoms with van der Waals surface area (Å²) >= 11 is 13.8. The molecule has 0 unspecified atom stereocenters. The molecule has 0 aliphatic carbocycles. The summed E-state index contributed by atoms with van der Waals surface area (Å²) in [6, 6.07) is 3.71. The molecule has 0 saturated heterocycles. The molecule has 0 aliphatic rings. The summed E-state index contributed by atoms with van der Waals surface area (Å²) in [6.07, 6.45) is 0. The molecule has 1 N–H and O–H groups in total. The van der Waals surface area contributed by atoms with Crippen molar-refractivity contribution in [3.63, 3.8) is 0 Å². The van der Waals surface area contributed by atoms with Crippen molar-refractivity contribution in [1.29, 1.82) is 0 Å². The number of hydrogen-bond donors (Lipinski definition) is 1. The predicted molar refractivity (Wildman–Crippen MR) is 97.9 cm³/mol. The van der Waals surface area contributed by atoms with E-state index in [4.69, 9.17) is 27.9 Å². The zero-order chi connectivity index (χ0) is 16.7. The van der Waals surface area contributed by atoms with E-state index in [0.29, 0.717) is 16.6 Å². The van der Waals surface area contributed by atoms with Gasteiger partial charge in [0.1, 0.15) is 16.4 Å². The summed E-state index contributed by atoms with van der Waals surface area (Å²) in [6.45, 7) is 6.06. The molecule has 0 aliphatic heterocycles. The van der Waals surface area contributed by atoms with Crippen LogP contribution >= 0.6 is 34.5 Å². The van der Waals surface area contributed by atoms with E-state index in [2.05, 4.69) is 29.1 Å². The van der Waals surface area contributed by atoms with Crippen molar-refractivity contribution >= 4 is 56.3 Å². The number of ether oxygens (including phenoxy) is 1. The minimum Gasteiger partial charge on any atom is -0.495 e. The van der Waals surface area contributed by atoms with E-state index in [-0.39, 0.29) is 5.28 Å². The molecule has 3 aromatic rings. The third-order valence-corrected chi connectivity index (χ3v) is 5.41. The van der Waals surface area contributed by atoms with Crippen LogP contribution in [0.1, 0.15) is 16.0 Å². The lowest BCUT2D eigenvalue weighted by atomic mass is 10.2. The van der Waals surface area contributed by atoms with E-state index in [1.807, 2.05) is 13.0 Å². The Hall–Kier alpha value is -1.56. The quantitative estimate of drug-likeness (QED) is 0.605. The van der Waals surface area contributed by atoms with Crippen molar-refractivity contribution in [3.05, 3.63) is 38.4 Å². The third-order valence-electron chi connectivity index (χ3n) is 3.74. The number of aryl methyl sites for hydroxylation is 3. The number of hydrogen-bond acceptors (Lipinski definition) is 5. The van der Waals surface area contributed by atoms with Crippen LogP contribution in [-0.4, -0.2) is 17.1 Å². The fourth-order valence-corrected chi connectivity index (χ4v) is 3.77. The SMILES string of the molecule is COc1cc(Cl)c(C)cc1Nc1nc(Cl)nc2sc(C)c(C)c12. The lowest BCUT2D eigenvalue weighted by molar-refractivity contribution is 0.416. The van der Waals surface area contributed by atoms with Gasteiger partial charge in [-0.1, -0.05) is 11.6 Å². The van der Waals surface area contributed by atoms with Crippen LogP contribution in [0.3, 0.4) is 0 Å². The highest BCUT2D eigenvalue weighted by molar-refractivity contribution is 7.18. The van der Waals surface area contributed by atoms with Crippen molar-refractivity contribution < 1.29 is 4.74 Å². The monoisotopic (exact) mass is 367 g/mol. The van der Waals surface area contributed by atoms with E-state index in [1.165, 1.54) is 4.88 Å². The number of aromatic nitrogens is 2. The van der Waals surface area contributed by atoms with Gasteiger partial charge in [-0.05, 0) is 49.6 Å². The van der Waals surface area contributed by atoms with Gasteiger partial charge in [-0.15, -0.1) is 11.3 Å². The zero-order valence-corrected chi connectivity index (χ0v) is 15.4. The van der Waals surface area contributed by atoms with Crippen molar-refractivity contribution in [2.24, 2.45) is 0 Å². The summed E-state index contributed by atoms with van der Waals surface area (Å²) in [5, 5.41) is 5.16. The third kappa shape index (κ3) is 2.96. The molecule has 4 nitrogen and oxygen atoms in total. The maximum absolute atomic E-state index is 6.16. The van der Waals surface area contributed by atoms with Gasteiger partial charge in [0.25, 0.3) is 0 Å². The molecule has 7 heteroatoms. The molecule has 0 saturated carbocycles. The van der Waals surface area contributed by atoms with Crippen LogP contribution in [0.5, 0.6) is 5.75 Å². The first-order chi connectivity index (χ1) is 10.9. The van der Waals surface area contributed by atoms with E-state index in [9.17, 15) is 0 Å². The minimum atomic E-state index is 0.214. The van der Waals surface area contributed by atoms with Gasteiger partial charge in [-0.25, -0.2) is 4.98 Å². The molecular formula is C16H15Cl2N3OS. The second kappa shape index (κ2) is 6.15. The van der Waals surface area contributed by atoms with Gasteiger partial charge in [0.15, 0.2) is 0 Å². The number of anilines is 2. The largest absolute Gasteiger partial charge is 0.495 e. The van der Waals surface area contributed by atoms with Crippen molar-refractivity contribution in [2.75, 3.05) is 12.4 Å². The molecule has 23 heavy (non-hydrogen) atoms. The van der Waals surface area contributed by atoms with Crippen LogP contribution in [0, 0.1) is 20.8 Å². The van der Waals surface area contributed by atoms with Crippen LogP contribution in [0.2, 0.25) is 10.3 Å². The molecule has 0 fully saturated rings. The van der Waals surface area contributed by atoms with Gasteiger partial charge in [0, 0.05) is 16.0 Å². The average molecular weight is 368 g/mol. The second-order valence-corrected chi connectivity index (χ2v) is 7.18. The topological polar surface area (TPSA) is 47.0 Å². The number of nitrogens with one attached hydrogen (secondary N) is 1. The molecule has 120 valence electrons. The van der Waals surface area contributed by atoms with Crippen molar-refractivity contribution in [1.82, 2.24) is 9.97 Å². The highest BCUT2D eigenvalue weighted by Gasteiger charge is 2.16. The van der Waals surface area contributed by atoms with Crippen LogP contribution in [-0.2, 0) is 0 Å². The first-order valence-corrected chi connectivity index (χ1v) is 8.52. The first kappa shape index (κ1) is 16.3. The number of methoxy groups -OCH3 is 1. The molecular weight excluding hydrogens is 353 g/mol. The molecule has 0 amide bonds. The van der Waals surface area contributed by atoms with Gasteiger partial charge < -0.3 is 10.1 Å². The standard InChI is InChI=1S/C16H15Cl2N3OS/c1-7-5-11(12(22-4)6-10(7)17)19-14-13-8(2)9(3)23-15(13)21-16(18)20-14/h5-6H,1-4H3,(H,19,20,21). The van der Waals surface area contributed by atoms with Crippen LogP contribution in [0.4, 0.5) is 11.5 Å². The Bertz CT molecular complexity index is 908. The molecule has 0 spiro atoms. The summed E-state index contributed by atoms with van der Waals surface area (Å²) in [5.41, 5.74) is 2.88. The number of fused-ring (bicyclic) bond motifs is 1. The Balaban J connectivity index is 2.17. The zero-order valence-electron chi connectivity index (χ0n) is 13.1. The van der Waals surface area contributed by atoms with Crippen LogP contribution in [0.15, 0.2) is 12.1 Å². The van der Waals surface area contributed by atoms with Gasteiger partial charge in [0.05, 0.1) is 18.2 Å². The maximum atomic E-state index is 6.16.